The molecule has 29 heavy (non-hydrogen) atoms. The number of benzene rings is 2. The van der Waals surface area contributed by atoms with Crippen LogP contribution >= 0.6 is 11.8 Å². The van der Waals surface area contributed by atoms with Crippen molar-refractivity contribution in [3.63, 3.8) is 0 Å². The van der Waals surface area contributed by atoms with Crippen LogP contribution in [0.2, 0.25) is 0 Å². The fourth-order valence-corrected chi connectivity index (χ4v) is 4.08. The Balaban J connectivity index is 1.45. The van der Waals surface area contributed by atoms with Crippen molar-refractivity contribution in [3.8, 4) is 11.1 Å². The molecule has 2 aliphatic rings. The fraction of sp³-hybridized carbons (Fsp3) is 0.227. The van der Waals surface area contributed by atoms with Crippen LogP contribution in [0.4, 0.5) is 4.79 Å². The highest BCUT2D eigenvalue weighted by molar-refractivity contribution is 8.18. The standard InChI is InChI=1S/C22H20N2O4S/c25-20(23-10-12-28-13-11-23)15-24-21(26)19(29-22(24)27)14-16-6-8-18(9-7-16)17-4-2-1-3-5-17/h1-9,14H,10-13,15H2/b19-14-. The maximum atomic E-state index is 12.6. The van der Waals surface area contributed by atoms with Gasteiger partial charge in [0, 0.05) is 13.1 Å². The number of hydrogen-bond acceptors (Lipinski definition) is 5. The van der Waals surface area contributed by atoms with Crippen LogP contribution in [0.3, 0.4) is 0 Å². The summed E-state index contributed by atoms with van der Waals surface area (Å²) in [5.74, 6) is -0.655. The third-order valence-electron chi connectivity index (χ3n) is 4.85. The van der Waals surface area contributed by atoms with Gasteiger partial charge in [0.2, 0.25) is 5.91 Å². The highest BCUT2D eigenvalue weighted by atomic mass is 32.2. The van der Waals surface area contributed by atoms with Crippen molar-refractivity contribution in [1.82, 2.24) is 9.80 Å². The van der Waals surface area contributed by atoms with Crippen LogP contribution in [0.5, 0.6) is 0 Å². The maximum Gasteiger partial charge on any atom is 0.294 e. The quantitative estimate of drug-likeness (QED) is 0.727. The molecule has 2 aliphatic heterocycles. The van der Waals surface area contributed by atoms with Gasteiger partial charge in [0.05, 0.1) is 18.1 Å². The molecule has 2 aromatic carbocycles. The molecule has 0 aliphatic carbocycles. The van der Waals surface area contributed by atoms with E-state index in [9.17, 15) is 14.4 Å². The summed E-state index contributed by atoms with van der Waals surface area (Å²) in [7, 11) is 0. The minimum Gasteiger partial charge on any atom is -0.378 e. The smallest absolute Gasteiger partial charge is 0.294 e. The van der Waals surface area contributed by atoms with Crippen molar-refractivity contribution in [1.29, 1.82) is 0 Å². The van der Waals surface area contributed by atoms with Gasteiger partial charge in [-0.15, -0.1) is 0 Å². The van der Waals surface area contributed by atoms with E-state index in [1.54, 1.807) is 11.0 Å². The van der Waals surface area contributed by atoms with Gasteiger partial charge in [0.1, 0.15) is 6.54 Å². The summed E-state index contributed by atoms with van der Waals surface area (Å²) >= 11 is 0.869. The Kier molecular flexibility index (Phi) is 5.78. The van der Waals surface area contributed by atoms with Crippen LogP contribution in [0.1, 0.15) is 5.56 Å². The largest absolute Gasteiger partial charge is 0.378 e. The molecule has 4 rings (SSSR count). The van der Waals surface area contributed by atoms with Gasteiger partial charge < -0.3 is 9.64 Å². The summed E-state index contributed by atoms with van der Waals surface area (Å²) in [5, 5.41) is -0.413. The van der Waals surface area contributed by atoms with Gasteiger partial charge >= 0.3 is 0 Å². The van der Waals surface area contributed by atoms with E-state index in [4.69, 9.17) is 4.74 Å². The predicted molar refractivity (Wildman–Crippen MR) is 112 cm³/mol. The van der Waals surface area contributed by atoms with E-state index in [1.807, 2.05) is 54.6 Å². The Morgan fingerprint density at radius 2 is 1.62 bits per heavy atom. The molecule has 2 saturated heterocycles. The molecule has 2 fully saturated rings. The van der Waals surface area contributed by atoms with Crippen LogP contribution in [0, 0.1) is 0 Å². The first-order chi connectivity index (χ1) is 14.1. The second-order valence-electron chi connectivity index (χ2n) is 6.75. The summed E-state index contributed by atoms with van der Waals surface area (Å²) < 4.78 is 5.23. The molecule has 0 aromatic heterocycles. The van der Waals surface area contributed by atoms with Crippen molar-refractivity contribution < 1.29 is 19.1 Å². The lowest BCUT2D eigenvalue weighted by Gasteiger charge is -2.28. The zero-order valence-corrected chi connectivity index (χ0v) is 16.6. The van der Waals surface area contributed by atoms with Crippen molar-refractivity contribution in [3.05, 3.63) is 65.1 Å². The zero-order valence-electron chi connectivity index (χ0n) is 15.7. The lowest BCUT2D eigenvalue weighted by molar-refractivity contribution is -0.139. The number of amides is 3. The van der Waals surface area contributed by atoms with E-state index in [0.717, 1.165) is 33.4 Å². The van der Waals surface area contributed by atoms with Crippen molar-refractivity contribution in [2.75, 3.05) is 32.8 Å². The summed E-state index contributed by atoms with van der Waals surface area (Å²) in [6.07, 6.45) is 1.69. The number of carbonyl (C=O) groups excluding carboxylic acids is 3. The molecule has 148 valence electrons. The molecule has 0 N–H and O–H groups in total. The van der Waals surface area contributed by atoms with Gasteiger partial charge in [0.15, 0.2) is 0 Å². The van der Waals surface area contributed by atoms with Gasteiger partial charge in [-0.05, 0) is 34.5 Å². The number of thioether (sulfide) groups is 1. The Morgan fingerprint density at radius 1 is 0.966 bits per heavy atom. The second kappa shape index (κ2) is 8.63. The Bertz CT molecular complexity index is 951. The highest BCUT2D eigenvalue weighted by Gasteiger charge is 2.37. The zero-order chi connectivity index (χ0) is 20.2. The van der Waals surface area contributed by atoms with Gasteiger partial charge in [-0.2, -0.15) is 0 Å². The van der Waals surface area contributed by atoms with Crippen molar-refractivity contribution >= 4 is 34.9 Å². The van der Waals surface area contributed by atoms with Gasteiger partial charge in [-0.1, -0.05) is 54.6 Å². The van der Waals surface area contributed by atoms with Crippen LogP contribution in [-0.4, -0.2) is 59.7 Å². The van der Waals surface area contributed by atoms with E-state index in [0.29, 0.717) is 31.2 Å². The summed E-state index contributed by atoms with van der Waals surface area (Å²) in [4.78, 5) is 40.3. The minimum absolute atomic E-state index is 0.227. The van der Waals surface area contributed by atoms with Crippen LogP contribution < -0.4 is 0 Å². The summed E-state index contributed by atoms with van der Waals surface area (Å²) in [6, 6.07) is 17.8. The first-order valence-corrected chi connectivity index (χ1v) is 10.2. The average Bonchev–Trinajstić information content (AvgIpc) is 3.03. The van der Waals surface area contributed by atoms with E-state index in [-0.39, 0.29) is 12.5 Å². The van der Waals surface area contributed by atoms with E-state index in [1.165, 1.54) is 0 Å². The number of nitrogens with zero attached hydrogens (tertiary/aromatic N) is 2. The third-order valence-corrected chi connectivity index (χ3v) is 5.75. The molecule has 2 heterocycles. The SMILES string of the molecule is O=C(CN1C(=O)S/C(=C\c2ccc(-c3ccccc3)cc2)C1=O)N1CCOCC1. The number of ether oxygens (including phenoxy) is 1. The Labute approximate surface area is 173 Å². The molecule has 0 radical (unpaired) electrons. The molecule has 0 bridgehead atoms. The topological polar surface area (TPSA) is 66.9 Å². The van der Waals surface area contributed by atoms with E-state index >= 15 is 0 Å². The van der Waals surface area contributed by atoms with Crippen molar-refractivity contribution in [2.45, 2.75) is 0 Å². The van der Waals surface area contributed by atoms with Crippen LogP contribution in [0.25, 0.3) is 17.2 Å². The molecule has 2 aromatic rings. The molecular formula is C22H20N2O4S. The number of rotatable bonds is 4. The molecule has 6 nitrogen and oxygen atoms in total. The van der Waals surface area contributed by atoms with E-state index < -0.39 is 11.1 Å². The van der Waals surface area contributed by atoms with E-state index in [2.05, 4.69) is 0 Å². The normalized spacial score (nSPS) is 18.6. The Hall–Kier alpha value is -2.90. The van der Waals surface area contributed by atoms with Crippen LogP contribution in [-0.2, 0) is 14.3 Å². The first-order valence-electron chi connectivity index (χ1n) is 9.38. The maximum absolute atomic E-state index is 12.6. The molecule has 0 atom stereocenters. The second-order valence-corrected chi connectivity index (χ2v) is 7.74. The molecule has 0 spiro atoms. The first kappa shape index (κ1) is 19.4. The number of hydrogen-bond donors (Lipinski definition) is 0. The number of morpholine rings is 1. The monoisotopic (exact) mass is 408 g/mol. The predicted octanol–water partition coefficient (Wildman–Crippen LogP) is 3.25. The molecule has 0 saturated carbocycles. The fourth-order valence-electron chi connectivity index (χ4n) is 3.24. The lowest BCUT2D eigenvalue weighted by atomic mass is 10.0. The molecule has 3 amide bonds. The highest BCUT2D eigenvalue weighted by Crippen LogP contribution is 2.32. The van der Waals surface area contributed by atoms with Gasteiger partial charge in [0.25, 0.3) is 11.1 Å². The third kappa shape index (κ3) is 4.41. The number of imide groups is 1. The molecule has 0 unspecified atom stereocenters. The lowest BCUT2D eigenvalue weighted by Crippen LogP contribution is -2.46. The minimum atomic E-state index is -0.422. The number of carbonyl (C=O) groups is 3. The average molecular weight is 408 g/mol. The Morgan fingerprint density at radius 3 is 2.31 bits per heavy atom. The summed E-state index contributed by atoms with van der Waals surface area (Å²) in [5.41, 5.74) is 3.02. The van der Waals surface area contributed by atoms with Gasteiger partial charge in [-0.25, -0.2) is 0 Å². The van der Waals surface area contributed by atoms with Crippen LogP contribution in [0.15, 0.2) is 59.5 Å². The molecular weight excluding hydrogens is 388 g/mol. The van der Waals surface area contributed by atoms with Gasteiger partial charge in [-0.3, -0.25) is 19.3 Å². The summed E-state index contributed by atoms with van der Waals surface area (Å²) in [6.45, 7) is 1.70. The molecule has 7 heteroatoms. The van der Waals surface area contributed by atoms with Crippen molar-refractivity contribution in [2.24, 2.45) is 0 Å².